The second-order valence-electron chi connectivity index (χ2n) is 1.23. The van der Waals surface area contributed by atoms with E-state index in [0.29, 0.717) is 0 Å². The summed E-state index contributed by atoms with van der Waals surface area (Å²) in [6.07, 6.45) is 0. The van der Waals surface area contributed by atoms with E-state index in [1.54, 1.807) is 7.05 Å². The molecule has 0 saturated carbocycles. The van der Waals surface area contributed by atoms with E-state index in [1.807, 2.05) is 6.92 Å². The second kappa shape index (κ2) is 3.23. The van der Waals surface area contributed by atoms with Crippen LogP contribution in [-0.2, 0) is 4.79 Å². The Morgan fingerprint density at radius 1 is 1.86 bits per heavy atom. The molecule has 42 valence electrons. The molecule has 0 bridgehead atoms. The van der Waals surface area contributed by atoms with Gasteiger partial charge in [0.05, 0.1) is 3.92 Å². The standard InChI is InChI=1S/C4H8INO/c1-3(5)4(7)6-2/h3H,1-2H3,(H,6,7). The van der Waals surface area contributed by atoms with Gasteiger partial charge in [0, 0.05) is 7.05 Å². The van der Waals surface area contributed by atoms with Crippen molar-refractivity contribution < 1.29 is 4.79 Å². The Morgan fingerprint density at radius 2 is 2.29 bits per heavy atom. The number of carbonyl (C=O) groups is 1. The smallest absolute Gasteiger partial charge is 0.232 e. The molecule has 0 fully saturated rings. The minimum Gasteiger partial charge on any atom is -0.358 e. The number of hydrogen-bond acceptors (Lipinski definition) is 1. The first-order valence-corrected chi connectivity index (χ1v) is 3.28. The van der Waals surface area contributed by atoms with Gasteiger partial charge in [-0.15, -0.1) is 0 Å². The zero-order valence-electron chi connectivity index (χ0n) is 4.36. The highest BCUT2D eigenvalue weighted by molar-refractivity contribution is 14.1. The van der Waals surface area contributed by atoms with Crippen molar-refractivity contribution in [3.8, 4) is 0 Å². The molecule has 0 aliphatic carbocycles. The number of amides is 1. The Morgan fingerprint density at radius 3 is 2.29 bits per heavy atom. The molecule has 0 aromatic carbocycles. The summed E-state index contributed by atoms with van der Waals surface area (Å²) in [6.45, 7) is 1.85. The number of carbonyl (C=O) groups excluding carboxylic acids is 1. The van der Waals surface area contributed by atoms with Crippen molar-refractivity contribution in [1.82, 2.24) is 5.32 Å². The monoisotopic (exact) mass is 213 g/mol. The van der Waals surface area contributed by atoms with E-state index in [2.05, 4.69) is 27.9 Å². The molecule has 1 atom stereocenters. The van der Waals surface area contributed by atoms with Crippen molar-refractivity contribution in [2.75, 3.05) is 7.05 Å². The van der Waals surface area contributed by atoms with Crippen LogP contribution in [0.5, 0.6) is 0 Å². The lowest BCUT2D eigenvalue weighted by Crippen LogP contribution is -2.24. The van der Waals surface area contributed by atoms with E-state index >= 15 is 0 Å². The van der Waals surface area contributed by atoms with Crippen molar-refractivity contribution in [2.24, 2.45) is 0 Å². The molecule has 0 heterocycles. The van der Waals surface area contributed by atoms with Crippen LogP contribution in [0.2, 0.25) is 0 Å². The molecular formula is C4H8INO. The van der Waals surface area contributed by atoms with Gasteiger partial charge >= 0.3 is 0 Å². The molecule has 3 heteroatoms. The van der Waals surface area contributed by atoms with Gasteiger partial charge in [-0.3, -0.25) is 4.79 Å². The highest BCUT2D eigenvalue weighted by Crippen LogP contribution is 1.95. The largest absolute Gasteiger partial charge is 0.358 e. The number of nitrogens with one attached hydrogen (secondary N) is 1. The number of rotatable bonds is 1. The van der Waals surface area contributed by atoms with Gasteiger partial charge < -0.3 is 5.32 Å². The van der Waals surface area contributed by atoms with Crippen molar-refractivity contribution in [3.63, 3.8) is 0 Å². The molecule has 1 N–H and O–H groups in total. The van der Waals surface area contributed by atoms with E-state index in [0.717, 1.165) is 0 Å². The average Bonchev–Trinajstić information content (AvgIpc) is 1.65. The molecule has 2 nitrogen and oxygen atoms in total. The van der Waals surface area contributed by atoms with Gasteiger partial charge in [-0.2, -0.15) is 0 Å². The van der Waals surface area contributed by atoms with Crippen LogP contribution in [0.15, 0.2) is 0 Å². The summed E-state index contributed by atoms with van der Waals surface area (Å²) >= 11 is 2.06. The van der Waals surface area contributed by atoms with Gasteiger partial charge in [0.25, 0.3) is 0 Å². The fourth-order valence-electron chi connectivity index (χ4n) is 0.199. The summed E-state index contributed by atoms with van der Waals surface area (Å²) in [7, 11) is 1.64. The molecule has 1 unspecified atom stereocenters. The van der Waals surface area contributed by atoms with Gasteiger partial charge in [-0.1, -0.05) is 22.6 Å². The van der Waals surface area contributed by atoms with Crippen molar-refractivity contribution >= 4 is 28.5 Å². The van der Waals surface area contributed by atoms with Crippen molar-refractivity contribution in [3.05, 3.63) is 0 Å². The van der Waals surface area contributed by atoms with Gasteiger partial charge in [-0.05, 0) is 6.92 Å². The molecule has 0 radical (unpaired) electrons. The average molecular weight is 213 g/mol. The Bertz CT molecular complexity index is 72.1. The molecule has 0 saturated heterocycles. The summed E-state index contributed by atoms with van der Waals surface area (Å²) < 4.78 is 0.0857. The first-order valence-electron chi connectivity index (χ1n) is 2.04. The molecule has 0 aliphatic rings. The fourth-order valence-corrected chi connectivity index (χ4v) is 0.510. The molecular weight excluding hydrogens is 205 g/mol. The van der Waals surface area contributed by atoms with E-state index in [1.165, 1.54) is 0 Å². The molecule has 0 spiro atoms. The molecule has 0 aromatic heterocycles. The van der Waals surface area contributed by atoms with Crippen LogP contribution in [0.25, 0.3) is 0 Å². The molecule has 0 aromatic rings. The van der Waals surface area contributed by atoms with Gasteiger partial charge in [-0.25, -0.2) is 0 Å². The molecule has 1 amide bonds. The lowest BCUT2D eigenvalue weighted by Gasteiger charge is -1.97. The van der Waals surface area contributed by atoms with E-state index in [9.17, 15) is 4.79 Å². The van der Waals surface area contributed by atoms with Gasteiger partial charge in [0.1, 0.15) is 0 Å². The van der Waals surface area contributed by atoms with Crippen LogP contribution in [0.4, 0.5) is 0 Å². The Hall–Kier alpha value is 0.200. The van der Waals surface area contributed by atoms with Crippen LogP contribution >= 0.6 is 22.6 Å². The zero-order chi connectivity index (χ0) is 5.86. The quantitative estimate of drug-likeness (QED) is 0.500. The van der Waals surface area contributed by atoms with Crippen LogP contribution in [0, 0.1) is 0 Å². The van der Waals surface area contributed by atoms with Crippen LogP contribution in [0.3, 0.4) is 0 Å². The van der Waals surface area contributed by atoms with E-state index in [4.69, 9.17) is 0 Å². The number of halogens is 1. The maximum absolute atomic E-state index is 10.4. The van der Waals surface area contributed by atoms with E-state index < -0.39 is 0 Å². The third kappa shape index (κ3) is 2.85. The predicted molar refractivity (Wildman–Crippen MR) is 37.5 cm³/mol. The Kier molecular flexibility index (Phi) is 3.33. The number of hydrogen-bond donors (Lipinski definition) is 1. The first-order chi connectivity index (χ1) is 3.18. The molecule has 7 heavy (non-hydrogen) atoms. The lowest BCUT2D eigenvalue weighted by atomic mass is 10.5. The second-order valence-corrected chi connectivity index (χ2v) is 3.10. The van der Waals surface area contributed by atoms with Crippen molar-refractivity contribution in [1.29, 1.82) is 0 Å². The Balaban J connectivity index is 3.35. The first kappa shape index (κ1) is 7.20. The van der Waals surface area contributed by atoms with E-state index in [-0.39, 0.29) is 9.83 Å². The SMILES string of the molecule is CNC(=O)C(C)I. The number of alkyl halides is 1. The van der Waals surface area contributed by atoms with Crippen LogP contribution < -0.4 is 5.32 Å². The van der Waals surface area contributed by atoms with Crippen LogP contribution in [-0.4, -0.2) is 16.9 Å². The zero-order valence-corrected chi connectivity index (χ0v) is 6.52. The maximum atomic E-state index is 10.4. The lowest BCUT2D eigenvalue weighted by molar-refractivity contribution is -0.119. The minimum absolute atomic E-state index is 0.0839. The minimum atomic E-state index is 0.0839. The maximum Gasteiger partial charge on any atom is 0.232 e. The molecule has 0 rings (SSSR count). The molecule has 0 aliphatic heterocycles. The third-order valence-electron chi connectivity index (χ3n) is 0.608. The fraction of sp³-hybridized carbons (Fsp3) is 0.750. The highest BCUT2D eigenvalue weighted by atomic mass is 127. The van der Waals surface area contributed by atoms with Crippen LogP contribution in [0.1, 0.15) is 6.92 Å². The summed E-state index contributed by atoms with van der Waals surface area (Å²) in [5.41, 5.74) is 0. The highest BCUT2D eigenvalue weighted by Gasteiger charge is 2.02. The summed E-state index contributed by atoms with van der Waals surface area (Å²) in [6, 6.07) is 0. The summed E-state index contributed by atoms with van der Waals surface area (Å²) in [5.74, 6) is 0.0839. The third-order valence-corrected chi connectivity index (χ3v) is 1.17. The van der Waals surface area contributed by atoms with Gasteiger partial charge in [0.2, 0.25) is 5.91 Å². The van der Waals surface area contributed by atoms with Crippen molar-refractivity contribution in [2.45, 2.75) is 10.8 Å². The normalized spacial score (nSPS) is 13.0. The Labute approximate surface area is 56.8 Å². The summed E-state index contributed by atoms with van der Waals surface area (Å²) in [5, 5.41) is 2.52. The van der Waals surface area contributed by atoms with Gasteiger partial charge in [0.15, 0.2) is 0 Å². The summed E-state index contributed by atoms with van der Waals surface area (Å²) in [4.78, 5) is 10.4. The predicted octanol–water partition coefficient (Wildman–Crippen LogP) is 0.556. The topological polar surface area (TPSA) is 29.1 Å².